The van der Waals surface area contributed by atoms with Crippen LogP contribution in [0.4, 0.5) is 11.4 Å². The van der Waals surface area contributed by atoms with Gasteiger partial charge in [-0.3, -0.25) is 14.4 Å². The highest BCUT2D eigenvalue weighted by atomic mass is 79.9. The lowest BCUT2D eigenvalue weighted by Gasteiger charge is -2.37. The number of nitrogens with one attached hydrogen (secondary N) is 2. The third kappa shape index (κ3) is 6.18. The van der Waals surface area contributed by atoms with Crippen molar-refractivity contribution in [2.45, 2.75) is 64.9 Å². The molecule has 1 unspecified atom stereocenters. The highest BCUT2D eigenvalue weighted by Crippen LogP contribution is 2.33. The number of benzene rings is 1. The van der Waals surface area contributed by atoms with Crippen molar-refractivity contribution in [1.29, 1.82) is 0 Å². The van der Waals surface area contributed by atoms with E-state index in [0.29, 0.717) is 36.1 Å². The fourth-order valence-electron chi connectivity index (χ4n) is 4.79. The topological polar surface area (TPSA) is 94.7 Å². The standard InChI is InChI=1S/C27H37BrN4O4/c1-7-32(20-8-10-36-11-9-20)24-14-21(31(6)27(35)19(5)28)13-22(18(24)4)25(33)29-15-23-16(2)12-17(3)30-26(23)34/h12-14,19-20H,7-11,15H2,1-6H3,(H,29,33)(H,30,34). The lowest BCUT2D eigenvalue weighted by atomic mass is 9.99. The molecular weight excluding hydrogens is 524 g/mol. The summed E-state index contributed by atoms with van der Waals surface area (Å²) in [5.74, 6) is -0.391. The second kappa shape index (κ2) is 12.1. The number of nitrogens with zero attached hydrogens (tertiary/aromatic N) is 2. The van der Waals surface area contributed by atoms with Crippen LogP contribution in [0.5, 0.6) is 0 Å². The third-order valence-corrected chi connectivity index (χ3v) is 7.26. The van der Waals surface area contributed by atoms with Gasteiger partial charge in [-0.15, -0.1) is 0 Å². The Morgan fingerprint density at radius 1 is 1.19 bits per heavy atom. The average molecular weight is 562 g/mol. The van der Waals surface area contributed by atoms with Gasteiger partial charge >= 0.3 is 0 Å². The molecule has 9 heteroatoms. The van der Waals surface area contributed by atoms with E-state index < -0.39 is 0 Å². The summed E-state index contributed by atoms with van der Waals surface area (Å²) in [6.45, 7) is 11.8. The normalized spacial score (nSPS) is 14.9. The molecule has 1 aromatic carbocycles. The van der Waals surface area contributed by atoms with Gasteiger partial charge in [0.15, 0.2) is 0 Å². The number of halogens is 1. The van der Waals surface area contributed by atoms with Crippen LogP contribution in [-0.2, 0) is 16.1 Å². The van der Waals surface area contributed by atoms with E-state index in [1.807, 2.05) is 32.9 Å². The van der Waals surface area contributed by atoms with E-state index in [9.17, 15) is 14.4 Å². The number of H-pyrrole nitrogens is 1. The molecule has 1 atom stereocenters. The van der Waals surface area contributed by atoms with Gasteiger partial charge in [0.2, 0.25) is 5.91 Å². The number of rotatable bonds is 8. The number of carbonyl (C=O) groups is 2. The minimum Gasteiger partial charge on any atom is -0.381 e. The molecule has 0 bridgehead atoms. The summed E-state index contributed by atoms with van der Waals surface area (Å²) in [5, 5.41) is 2.93. The number of hydrogen-bond acceptors (Lipinski definition) is 5. The van der Waals surface area contributed by atoms with Crippen LogP contribution in [0.3, 0.4) is 0 Å². The van der Waals surface area contributed by atoms with Crippen molar-refractivity contribution in [3.63, 3.8) is 0 Å². The van der Waals surface area contributed by atoms with E-state index >= 15 is 0 Å². The van der Waals surface area contributed by atoms with Crippen molar-refractivity contribution in [3.05, 3.63) is 56.5 Å². The molecule has 196 valence electrons. The zero-order valence-electron chi connectivity index (χ0n) is 22.0. The number of carbonyl (C=O) groups excluding carboxylic acids is 2. The second-order valence-electron chi connectivity index (χ2n) is 9.41. The SMILES string of the molecule is CCN(c1cc(N(C)C(=O)C(C)Br)cc(C(=O)NCc2c(C)cc(C)[nH]c2=O)c1C)C1CCOCC1. The fourth-order valence-corrected chi connectivity index (χ4v) is 5.10. The second-order valence-corrected chi connectivity index (χ2v) is 10.8. The van der Waals surface area contributed by atoms with Crippen LogP contribution >= 0.6 is 15.9 Å². The van der Waals surface area contributed by atoms with Crippen molar-refractivity contribution in [2.24, 2.45) is 0 Å². The minimum absolute atomic E-state index is 0.105. The van der Waals surface area contributed by atoms with Crippen LogP contribution in [0, 0.1) is 20.8 Å². The Morgan fingerprint density at radius 2 is 1.86 bits per heavy atom. The predicted molar refractivity (Wildman–Crippen MR) is 148 cm³/mol. The van der Waals surface area contributed by atoms with Crippen molar-refractivity contribution >= 4 is 39.1 Å². The number of aromatic nitrogens is 1. The highest BCUT2D eigenvalue weighted by molar-refractivity contribution is 9.10. The van der Waals surface area contributed by atoms with E-state index in [2.05, 4.69) is 38.1 Å². The maximum Gasteiger partial charge on any atom is 0.253 e. The van der Waals surface area contributed by atoms with Crippen LogP contribution < -0.4 is 20.7 Å². The van der Waals surface area contributed by atoms with Gasteiger partial charge in [-0.2, -0.15) is 0 Å². The molecule has 1 saturated heterocycles. The molecule has 1 fully saturated rings. The first-order valence-electron chi connectivity index (χ1n) is 12.4. The highest BCUT2D eigenvalue weighted by Gasteiger charge is 2.26. The molecular formula is C27H37BrN4O4. The molecule has 2 N–H and O–H groups in total. The summed E-state index contributed by atoms with van der Waals surface area (Å²) in [6.07, 6.45) is 1.81. The zero-order valence-corrected chi connectivity index (χ0v) is 23.6. The Hall–Kier alpha value is -2.65. The number of amides is 2. The van der Waals surface area contributed by atoms with Crippen LogP contribution in [0.15, 0.2) is 23.0 Å². The summed E-state index contributed by atoms with van der Waals surface area (Å²) >= 11 is 3.37. The number of aromatic amines is 1. The molecule has 8 nitrogen and oxygen atoms in total. The van der Waals surface area contributed by atoms with Gasteiger partial charge in [-0.25, -0.2) is 0 Å². The molecule has 0 aliphatic carbocycles. The third-order valence-electron chi connectivity index (χ3n) is 6.87. The summed E-state index contributed by atoms with van der Waals surface area (Å²) in [6, 6.07) is 5.93. The Bertz CT molecular complexity index is 1170. The summed E-state index contributed by atoms with van der Waals surface area (Å²) in [5.41, 5.74) is 4.83. The van der Waals surface area contributed by atoms with Crippen LogP contribution in [-0.4, -0.2) is 54.5 Å². The van der Waals surface area contributed by atoms with E-state index in [4.69, 9.17) is 4.74 Å². The minimum atomic E-state index is -0.362. The van der Waals surface area contributed by atoms with Crippen LogP contribution in [0.1, 0.15) is 59.4 Å². The first kappa shape index (κ1) is 27.9. The lowest BCUT2D eigenvalue weighted by Crippen LogP contribution is -2.40. The Balaban J connectivity index is 2.02. The molecule has 1 aliphatic heterocycles. The van der Waals surface area contributed by atoms with Gasteiger partial charge in [-0.05, 0) is 76.8 Å². The number of alkyl halides is 1. The predicted octanol–water partition coefficient (Wildman–Crippen LogP) is 3.98. The Labute approximate surface area is 221 Å². The molecule has 0 radical (unpaired) electrons. The lowest BCUT2D eigenvalue weighted by molar-refractivity contribution is -0.117. The molecule has 36 heavy (non-hydrogen) atoms. The molecule has 2 aromatic rings. The molecule has 2 heterocycles. The van der Waals surface area contributed by atoms with Crippen molar-refractivity contribution < 1.29 is 14.3 Å². The van der Waals surface area contributed by atoms with Crippen molar-refractivity contribution in [3.8, 4) is 0 Å². The number of aryl methyl sites for hydroxylation is 2. The molecule has 2 amide bonds. The van der Waals surface area contributed by atoms with Crippen molar-refractivity contribution in [1.82, 2.24) is 10.3 Å². The summed E-state index contributed by atoms with van der Waals surface area (Å²) in [7, 11) is 1.72. The number of anilines is 2. The van der Waals surface area contributed by atoms with Gasteiger partial charge in [0.1, 0.15) is 0 Å². The van der Waals surface area contributed by atoms with E-state index in [-0.39, 0.29) is 28.7 Å². The molecule has 0 spiro atoms. The molecule has 3 rings (SSSR count). The Kier molecular flexibility index (Phi) is 9.35. The van der Waals surface area contributed by atoms with Gasteiger partial charge in [0, 0.05) is 67.6 Å². The van der Waals surface area contributed by atoms with Gasteiger partial charge in [-0.1, -0.05) is 15.9 Å². The smallest absolute Gasteiger partial charge is 0.253 e. The van der Waals surface area contributed by atoms with E-state index in [1.54, 1.807) is 24.9 Å². The molecule has 1 aromatic heterocycles. The number of ether oxygens (including phenoxy) is 1. The van der Waals surface area contributed by atoms with Crippen molar-refractivity contribution in [2.75, 3.05) is 36.6 Å². The van der Waals surface area contributed by atoms with Gasteiger partial charge < -0.3 is 24.8 Å². The first-order valence-corrected chi connectivity index (χ1v) is 13.3. The quantitative estimate of drug-likeness (QED) is 0.476. The maximum atomic E-state index is 13.5. The Morgan fingerprint density at radius 3 is 2.44 bits per heavy atom. The van der Waals surface area contributed by atoms with Crippen LogP contribution in [0.2, 0.25) is 0 Å². The monoisotopic (exact) mass is 560 g/mol. The van der Waals surface area contributed by atoms with Gasteiger partial charge in [0.05, 0.1) is 4.83 Å². The average Bonchev–Trinajstić information content (AvgIpc) is 2.84. The van der Waals surface area contributed by atoms with Gasteiger partial charge in [0.25, 0.3) is 11.5 Å². The van der Waals surface area contributed by atoms with E-state index in [1.165, 1.54) is 0 Å². The van der Waals surface area contributed by atoms with E-state index in [0.717, 1.165) is 41.9 Å². The summed E-state index contributed by atoms with van der Waals surface area (Å²) < 4.78 is 5.57. The first-order chi connectivity index (χ1) is 17.0. The zero-order chi connectivity index (χ0) is 26.6. The number of hydrogen-bond donors (Lipinski definition) is 2. The fraction of sp³-hybridized carbons (Fsp3) is 0.519. The summed E-state index contributed by atoms with van der Waals surface area (Å²) in [4.78, 5) is 45.0. The number of pyridine rings is 1. The molecule has 1 aliphatic rings. The largest absolute Gasteiger partial charge is 0.381 e. The maximum absolute atomic E-state index is 13.5. The molecule has 0 saturated carbocycles. The van der Waals surface area contributed by atoms with Crippen LogP contribution in [0.25, 0.3) is 0 Å².